The van der Waals surface area contributed by atoms with E-state index in [9.17, 15) is 63.0 Å². The first-order chi connectivity index (χ1) is 37.4. The molecule has 26 nitrogen and oxygen atoms in total. The number of aliphatic hydroxyl groups is 2. The van der Waals surface area contributed by atoms with Crippen molar-refractivity contribution in [3.63, 3.8) is 0 Å². The fourth-order valence-electron chi connectivity index (χ4n) is 8.43. The summed E-state index contributed by atoms with van der Waals surface area (Å²) >= 11 is 0. The molecule has 448 valence electrons. The number of hydrogen-bond acceptors (Lipinski definition) is 15. The maximum Gasteiger partial charge on any atom is 0.245 e. The van der Waals surface area contributed by atoms with Crippen molar-refractivity contribution in [2.45, 2.75) is 225 Å². The van der Waals surface area contributed by atoms with Gasteiger partial charge in [0.1, 0.15) is 42.3 Å². The molecule has 0 aliphatic carbocycles. The molecule has 0 bridgehead atoms. The van der Waals surface area contributed by atoms with E-state index in [0.717, 1.165) is 38.5 Å². The Labute approximate surface area is 464 Å². The van der Waals surface area contributed by atoms with Gasteiger partial charge in [0.25, 0.3) is 0 Å². The molecule has 0 saturated carbocycles. The Hall–Kier alpha value is -6.54. The number of imidazole rings is 1. The van der Waals surface area contributed by atoms with Crippen LogP contribution in [0.1, 0.15) is 170 Å². The minimum Gasteiger partial charge on any atom is -0.394 e. The molecule has 0 aliphatic rings. The molecule has 1 rings (SSSR count). The van der Waals surface area contributed by atoms with Gasteiger partial charge < -0.3 is 74.9 Å². The molecule has 0 aliphatic heterocycles. The lowest BCUT2D eigenvalue weighted by molar-refractivity contribution is -0.138. The van der Waals surface area contributed by atoms with Crippen LogP contribution in [0.4, 0.5) is 0 Å². The van der Waals surface area contributed by atoms with Crippen molar-refractivity contribution in [2.75, 3.05) is 13.2 Å². The topological polar surface area (TPSA) is 431 Å². The summed E-state index contributed by atoms with van der Waals surface area (Å²) in [5, 5.41) is 41.4. The normalized spacial score (nSPS) is 15.0. The van der Waals surface area contributed by atoms with Crippen molar-refractivity contribution in [3.8, 4) is 0 Å². The van der Waals surface area contributed by atoms with E-state index in [4.69, 9.17) is 17.2 Å². The number of nitrogens with two attached hydrogens (primary N) is 3. The number of carbonyl (C=O) groups is 11. The highest BCUT2D eigenvalue weighted by Crippen LogP contribution is 2.14. The fourth-order valence-corrected chi connectivity index (χ4v) is 8.43. The van der Waals surface area contributed by atoms with Gasteiger partial charge in [-0.1, -0.05) is 92.4 Å². The van der Waals surface area contributed by atoms with Gasteiger partial charge in [0, 0.05) is 37.6 Å². The van der Waals surface area contributed by atoms with Crippen LogP contribution in [0.5, 0.6) is 0 Å². The molecule has 10 atom stereocenters. The highest BCUT2D eigenvalue weighted by atomic mass is 16.3. The fraction of sp³-hybridized carbons (Fsp3) is 0.736. The van der Waals surface area contributed by atoms with Crippen molar-refractivity contribution >= 4 is 64.9 Å². The predicted molar refractivity (Wildman–Crippen MR) is 293 cm³/mol. The summed E-state index contributed by atoms with van der Waals surface area (Å²) in [6.45, 7) is 10.7. The van der Waals surface area contributed by atoms with Gasteiger partial charge in [-0.3, -0.25) is 52.7 Å². The van der Waals surface area contributed by atoms with Gasteiger partial charge >= 0.3 is 0 Å². The second kappa shape index (κ2) is 38.9. The number of primary amides is 2. The van der Waals surface area contributed by atoms with Gasteiger partial charge in [-0.05, 0) is 70.8 Å². The van der Waals surface area contributed by atoms with E-state index >= 15 is 0 Å². The number of H-pyrrole nitrogens is 1. The second-order valence-electron chi connectivity index (χ2n) is 20.6. The molecule has 2 unspecified atom stereocenters. The minimum atomic E-state index is -1.79. The maximum absolute atomic E-state index is 14.1. The van der Waals surface area contributed by atoms with Crippen LogP contribution in [0.3, 0.4) is 0 Å². The van der Waals surface area contributed by atoms with E-state index in [1.54, 1.807) is 27.7 Å². The molecule has 0 aromatic carbocycles. The summed E-state index contributed by atoms with van der Waals surface area (Å²) in [6.07, 6.45) is 10.1. The Morgan fingerprint density at radius 3 is 1.49 bits per heavy atom. The van der Waals surface area contributed by atoms with E-state index in [2.05, 4.69) is 59.4 Å². The first-order valence-electron chi connectivity index (χ1n) is 27.9. The number of ketones is 1. The molecule has 10 amide bonds. The monoisotopic (exact) mass is 1120 g/mol. The van der Waals surface area contributed by atoms with Gasteiger partial charge in [-0.15, -0.1) is 0 Å². The van der Waals surface area contributed by atoms with Gasteiger partial charge in [0.05, 0.1) is 25.1 Å². The Morgan fingerprint density at radius 2 is 1.00 bits per heavy atom. The third-order valence-electron chi connectivity index (χ3n) is 13.4. The summed E-state index contributed by atoms with van der Waals surface area (Å²) in [7, 11) is 0. The quantitative estimate of drug-likeness (QED) is 0.0352. The smallest absolute Gasteiger partial charge is 0.245 e. The minimum absolute atomic E-state index is 0.103. The molecule has 26 heteroatoms. The van der Waals surface area contributed by atoms with Crippen molar-refractivity contribution in [2.24, 2.45) is 29.0 Å². The zero-order valence-electron chi connectivity index (χ0n) is 47.4. The Balaban J connectivity index is 3.35. The van der Waals surface area contributed by atoms with Crippen molar-refractivity contribution < 1.29 is 63.0 Å². The van der Waals surface area contributed by atoms with E-state index < -0.39 is 139 Å². The average Bonchev–Trinajstić information content (AvgIpc) is 3.92. The Bertz CT molecular complexity index is 2090. The Morgan fingerprint density at radius 1 is 0.544 bits per heavy atom. The summed E-state index contributed by atoms with van der Waals surface area (Å²) in [5.41, 5.74) is 16.8. The van der Waals surface area contributed by atoms with Gasteiger partial charge in [0.15, 0.2) is 5.78 Å². The molecule has 17 N–H and O–H groups in total. The number of aromatic nitrogens is 2. The highest BCUT2D eigenvalue weighted by Gasteiger charge is 2.37. The zero-order valence-corrected chi connectivity index (χ0v) is 47.4. The van der Waals surface area contributed by atoms with E-state index in [1.807, 2.05) is 0 Å². The Kier molecular flexibility index (Phi) is 34.7. The number of amides is 10. The van der Waals surface area contributed by atoms with Crippen LogP contribution in [-0.4, -0.2) is 153 Å². The van der Waals surface area contributed by atoms with Gasteiger partial charge in [-0.2, -0.15) is 0 Å². The lowest BCUT2D eigenvalue weighted by Gasteiger charge is -2.30. The number of nitrogens with one attached hydrogen (secondary N) is 9. The van der Waals surface area contributed by atoms with Crippen LogP contribution in [0.15, 0.2) is 12.5 Å². The summed E-state index contributed by atoms with van der Waals surface area (Å²) in [4.78, 5) is 153. The van der Waals surface area contributed by atoms with E-state index in [1.165, 1.54) is 39.2 Å². The molecule has 0 radical (unpaired) electrons. The van der Waals surface area contributed by atoms with E-state index in [0.29, 0.717) is 31.5 Å². The first kappa shape index (κ1) is 70.5. The lowest BCUT2D eigenvalue weighted by Crippen LogP contribution is -2.63. The molecule has 0 saturated heterocycles. The largest absolute Gasteiger partial charge is 0.394 e. The standard InChI is InChI=1S/C53H93N13O13/c1-8-10-11-12-13-14-15-16-17-21-43(72)59-37(22-24-41(55)70)47(73)62-39(27-35-28-57-30-58-35)50(76)63-40(29-67)51(77)60-38(23-25-42(56)71)49(75)65-45(32(5)9-2)52(78)66-46(34(7)69)53(79)61-36(20-18-19-26-54)48(74)64-44(31(3)4)33(6)68/h28,30-32,34,36-40,44-46,67,69H,8-27,29,54H2,1-7H3,(H2,55,70)(H2,56,71)(H,57,58)(H,59,72)(H,60,77)(H,61,79)(H,62,73)(H,63,76)(H,64,74)(H,65,75)(H,66,78)/t32-,34?,36-,37-,38+,39+,40-,44+,45?,46+/m0/s1. The third kappa shape index (κ3) is 28.3. The molecule has 1 heterocycles. The SMILES string of the molecule is CCCCCCCCCCCC(=O)N[C@@H](CCC(N)=O)C(=O)N[C@H](Cc1cnc[nH]1)C(=O)N[C@@H](CO)C(=O)N[C@H](CCC(N)=O)C(=O)NC(C(=O)N[C@@H](C(=O)N[C@@H](CCCCN)C(=O)N[C@@H](C(C)=O)C(C)C)C(C)O)[C@@H](C)CC. The maximum atomic E-state index is 14.1. The van der Waals surface area contributed by atoms with Gasteiger partial charge in [0.2, 0.25) is 59.1 Å². The van der Waals surface area contributed by atoms with Gasteiger partial charge in [-0.25, -0.2) is 4.98 Å². The first-order valence-corrected chi connectivity index (χ1v) is 27.9. The van der Waals surface area contributed by atoms with Crippen LogP contribution < -0.4 is 59.7 Å². The molecule has 0 fully saturated rings. The van der Waals surface area contributed by atoms with Crippen LogP contribution in [0.2, 0.25) is 0 Å². The third-order valence-corrected chi connectivity index (χ3v) is 13.4. The second-order valence-corrected chi connectivity index (χ2v) is 20.6. The van der Waals surface area contributed by atoms with Crippen molar-refractivity contribution in [3.05, 3.63) is 18.2 Å². The number of unbranched alkanes of at least 4 members (excludes halogenated alkanes) is 9. The van der Waals surface area contributed by atoms with Crippen LogP contribution in [-0.2, 0) is 59.2 Å². The number of rotatable bonds is 43. The molecule has 79 heavy (non-hydrogen) atoms. The van der Waals surface area contributed by atoms with Crippen molar-refractivity contribution in [1.29, 1.82) is 0 Å². The zero-order chi connectivity index (χ0) is 59.6. The number of Topliss-reactive ketones (excluding diaryl/α,β-unsaturated/α-hetero) is 1. The average molecular weight is 1120 g/mol. The number of aromatic amines is 1. The number of aliphatic hydroxyl groups excluding tert-OH is 2. The van der Waals surface area contributed by atoms with Crippen LogP contribution in [0, 0.1) is 11.8 Å². The molecular formula is C53H93N13O13. The molecular weight excluding hydrogens is 1030 g/mol. The van der Waals surface area contributed by atoms with E-state index in [-0.39, 0.29) is 50.2 Å². The molecule has 1 aromatic heterocycles. The predicted octanol–water partition coefficient (Wildman–Crippen LogP) is -0.924. The molecule has 0 spiro atoms. The summed E-state index contributed by atoms with van der Waals surface area (Å²) in [6, 6.07) is -11.4. The molecule has 1 aromatic rings. The number of carbonyl (C=O) groups excluding carboxylic acids is 11. The summed E-state index contributed by atoms with van der Waals surface area (Å²) < 4.78 is 0. The number of hydrogen-bond donors (Lipinski definition) is 14. The highest BCUT2D eigenvalue weighted by molar-refractivity contribution is 5.98. The number of nitrogens with zero attached hydrogens (tertiary/aromatic N) is 1. The van der Waals surface area contributed by atoms with Crippen molar-refractivity contribution in [1.82, 2.24) is 52.5 Å². The summed E-state index contributed by atoms with van der Waals surface area (Å²) in [5.74, 6) is -9.92. The lowest BCUT2D eigenvalue weighted by atomic mass is 9.96. The van der Waals surface area contributed by atoms with Crippen LogP contribution >= 0.6 is 0 Å². The van der Waals surface area contributed by atoms with Crippen LogP contribution in [0.25, 0.3) is 0 Å².